The van der Waals surface area contributed by atoms with Gasteiger partial charge in [-0.2, -0.15) is 0 Å². The van der Waals surface area contributed by atoms with Crippen LogP contribution in [0.25, 0.3) is 10.1 Å². The maximum atomic E-state index is 11.5. The van der Waals surface area contributed by atoms with E-state index < -0.39 is 19.9 Å². The van der Waals surface area contributed by atoms with Crippen LogP contribution in [0, 0.1) is 5.81 Å². The van der Waals surface area contributed by atoms with Gasteiger partial charge < -0.3 is 0 Å². The molecule has 0 amide bonds. The summed E-state index contributed by atoms with van der Waals surface area (Å²) < 4.78 is 20.0. The van der Waals surface area contributed by atoms with Gasteiger partial charge in [-0.25, -0.2) is 0 Å². The van der Waals surface area contributed by atoms with Crippen molar-refractivity contribution in [3.8, 4) is 5.81 Å². The van der Waals surface area contributed by atoms with E-state index in [1.165, 1.54) is 18.4 Å². The first-order chi connectivity index (χ1) is 9.15. The van der Waals surface area contributed by atoms with Crippen molar-refractivity contribution in [1.29, 1.82) is 0 Å². The van der Waals surface area contributed by atoms with E-state index in [1.807, 2.05) is 5.81 Å². The zero-order valence-corrected chi connectivity index (χ0v) is 11.4. The number of thiophene rings is 1. The fourth-order valence-corrected chi connectivity index (χ4v) is 2.59. The Morgan fingerprint density at radius 1 is 1.26 bits per heavy atom. The SMILES string of the molecule is COC(=O)c1ccc2cc(C(=O)OC#P=O)sc2c1. The van der Waals surface area contributed by atoms with E-state index in [9.17, 15) is 14.2 Å². The number of benzene rings is 1. The van der Waals surface area contributed by atoms with Crippen LogP contribution in [0.4, 0.5) is 0 Å². The van der Waals surface area contributed by atoms with Gasteiger partial charge in [-0.3, -0.25) is 0 Å². The van der Waals surface area contributed by atoms with E-state index in [4.69, 9.17) is 0 Å². The second kappa shape index (κ2) is 5.85. The molecule has 0 saturated carbocycles. The molecular weight excluding hydrogens is 287 g/mol. The molecule has 2 rings (SSSR count). The molecule has 19 heavy (non-hydrogen) atoms. The Balaban J connectivity index is 2.39. The van der Waals surface area contributed by atoms with Crippen LogP contribution < -0.4 is 0 Å². The Morgan fingerprint density at radius 2 is 2.05 bits per heavy atom. The van der Waals surface area contributed by atoms with Gasteiger partial charge in [0.25, 0.3) is 0 Å². The molecular formula is C12H7O5PS. The van der Waals surface area contributed by atoms with E-state index in [1.54, 1.807) is 24.3 Å². The number of carbonyl (C=O) groups excluding carboxylic acids is 2. The van der Waals surface area contributed by atoms with Gasteiger partial charge in [0.2, 0.25) is 0 Å². The van der Waals surface area contributed by atoms with Crippen LogP contribution in [0.5, 0.6) is 0 Å². The number of fused-ring (bicyclic) bond motifs is 1. The third-order valence-electron chi connectivity index (χ3n) is 2.32. The van der Waals surface area contributed by atoms with E-state index in [0.717, 1.165) is 10.1 Å². The summed E-state index contributed by atoms with van der Waals surface area (Å²) >= 11 is 1.17. The topological polar surface area (TPSA) is 69.7 Å². The summed E-state index contributed by atoms with van der Waals surface area (Å²) in [6.45, 7) is 0. The van der Waals surface area contributed by atoms with Crippen molar-refractivity contribution in [3.05, 3.63) is 34.7 Å². The quantitative estimate of drug-likeness (QED) is 0.629. The molecule has 0 aliphatic rings. The summed E-state index contributed by atoms with van der Waals surface area (Å²) in [5, 5.41) is 0.810. The van der Waals surface area contributed by atoms with Crippen molar-refractivity contribution in [2.24, 2.45) is 0 Å². The first kappa shape index (κ1) is 13.6. The maximum absolute atomic E-state index is 11.5. The molecule has 1 aromatic heterocycles. The van der Waals surface area contributed by atoms with E-state index in [2.05, 4.69) is 9.47 Å². The summed E-state index contributed by atoms with van der Waals surface area (Å²) in [6, 6.07) is 6.60. The summed E-state index contributed by atoms with van der Waals surface area (Å²) in [6.07, 6.45) is 0. The molecule has 0 bridgehead atoms. The van der Waals surface area contributed by atoms with Crippen molar-refractivity contribution in [2.45, 2.75) is 0 Å². The first-order valence-electron chi connectivity index (χ1n) is 5.06. The Labute approximate surface area is 113 Å². The van der Waals surface area contributed by atoms with Crippen LogP contribution in [0.3, 0.4) is 0 Å². The summed E-state index contributed by atoms with van der Waals surface area (Å²) in [5.74, 6) is 0.856. The van der Waals surface area contributed by atoms with Crippen LogP contribution >= 0.6 is 19.3 Å². The van der Waals surface area contributed by atoms with Gasteiger partial charge in [-0.1, -0.05) is 0 Å². The predicted octanol–water partition coefficient (Wildman–Crippen LogP) is 3.05. The van der Waals surface area contributed by atoms with Crippen LogP contribution in [0.1, 0.15) is 20.0 Å². The zero-order chi connectivity index (χ0) is 13.8. The number of rotatable bonds is 2. The summed E-state index contributed by atoms with van der Waals surface area (Å²) in [7, 11) is 0.813. The fraction of sp³-hybridized carbons (Fsp3) is 0.0833. The second-order valence-corrected chi connectivity index (χ2v) is 4.88. The van der Waals surface area contributed by atoms with Crippen LogP contribution in [0.2, 0.25) is 0 Å². The number of hydrogen-bond acceptors (Lipinski definition) is 6. The number of esters is 2. The Bertz CT molecular complexity index is 758. The van der Waals surface area contributed by atoms with Gasteiger partial charge in [-0.15, -0.1) is 0 Å². The normalized spacial score (nSPS) is 9.74. The van der Waals surface area contributed by atoms with Crippen LogP contribution in [-0.4, -0.2) is 19.0 Å². The van der Waals surface area contributed by atoms with E-state index in [-0.39, 0.29) is 0 Å². The Hall–Kier alpha value is -1.87. The van der Waals surface area contributed by atoms with Crippen molar-refractivity contribution in [2.75, 3.05) is 7.11 Å². The number of hydrogen-bond donors (Lipinski definition) is 0. The monoisotopic (exact) mass is 294 g/mol. The molecule has 0 N–H and O–H groups in total. The Kier molecular flexibility index (Phi) is 4.17. The molecule has 0 saturated heterocycles. The molecule has 96 valence electrons. The van der Waals surface area contributed by atoms with Gasteiger partial charge in [0.15, 0.2) is 0 Å². The van der Waals surface area contributed by atoms with Gasteiger partial charge in [-0.05, 0) is 0 Å². The van der Waals surface area contributed by atoms with Crippen molar-refractivity contribution < 1.29 is 23.6 Å². The molecule has 2 aromatic rings. The molecule has 5 nitrogen and oxygen atoms in total. The molecule has 0 spiro atoms. The summed E-state index contributed by atoms with van der Waals surface area (Å²) in [5.41, 5.74) is 0.410. The average Bonchev–Trinajstić information content (AvgIpc) is 2.86. The molecule has 0 radical (unpaired) electrons. The van der Waals surface area contributed by atoms with Gasteiger partial charge in [0.1, 0.15) is 0 Å². The standard InChI is InChI=1S/C12H7O5PS/c1-16-11(13)8-3-2-7-4-10(19-9(7)5-8)12(14)17-6-18-15/h2-5H,1H3. The second-order valence-electron chi connectivity index (χ2n) is 3.43. The molecule has 0 atom stereocenters. The molecule has 1 aromatic carbocycles. The van der Waals surface area contributed by atoms with Gasteiger partial charge >= 0.3 is 113 Å². The number of methoxy groups -OCH3 is 1. The van der Waals surface area contributed by atoms with Crippen LogP contribution in [0.15, 0.2) is 24.3 Å². The van der Waals surface area contributed by atoms with E-state index >= 15 is 0 Å². The fourth-order valence-electron chi connectivity index (χ4n) is 1.49. The molecule has 0 aliphatic heterocycles. The molecule has 0 unspecified atom stereocenters. The zero-order valence-electron chi connectivity index (χ0n) is 9.71. The summed E-state index contributed by atoms with van der Waals surface area (Å²) in [4.78, 5) is 23.3. The first-order valence-corrected chi connectivity index (χ1v) is 6.69. The van der Waals surface area contributed by atoms with Crippen LogP contribution in [-0.2, 0) is 14.0 Å². The Morgan fingerprint density at radius 3 is 2.74 bits per heavy atom. The van der Waals surface area contributed by atoms with Gasteiger partial charge in [0.05, 0.1) is 0 Å². The average molecular weight is 294 g/mol. The minimum atomic E-state index is -0.635. The third-order valence-corrected chi connectivity index (χ3v) is 3.56. The molecule has 0 aliphatic carbocycles. The number of ether oxygens (including phenoxy) is 2. The minimum absolute atomic E-state index is 0.341. The molecule has 0 fully saturated rings. The van der Waals surface area contributed by atoms with Crippen molar-refractivity contribution in [1.82, 2.24) is 0 Å². The third kappa shape index (κ3) is 2.93. The van der Waals surface area contributed by atoms with E-state index in [0.29, 0.717) is 10.4 Å². The molecule has 7 heteroatoms. The van der Waals surface area contributed by atoms with Crippen molar-refractivity contribution >= 4 is 41.3 Å². The van der Waals surface area contributed by atoms with Crippen molar-refractivity contribution in [3.63, 3.8) is 0 Å². The molecule has 1 heterocycles. The van der Waals surface area contributed by atoms with Gasteiger partial charge in [0, 0.05) is 0 Å². The number of carbonyl (C=O) groups is 2. The predicted molar refractivity (Wildman–Crippen MR) is 70.1 cm³/mol.